The van der Waals surface area contributed by atoms with Gasteiger partial charge in [0.1, 0.15) is 0 Å². The fraction of sp³-hybridized carbons (Fsp3) is 0.0238. The van der Waals surface area contributed by atoms with Crippen molar-refractivity contribution in [2.24, 2.45) is 0 Å². The summed E-state index contributed by atoms with van der Waals surface area (Å²) in [5.41, 5.74) is 10.7. The molecule has 0 bridgehead atoms. The number of hydrogen-bond acceptors (Lipinski definition) is 5. The maximum absolute atomic E-state index is 9.87. The molecule has 0 unspecified atom stereocenters. The average Bonchev–Trinajstić information content (AvgIpc) is 3.15. The van der Waals surface area contributed by atoms with Crippen molar-refractivity contribution in [1.82, 2.24) is 15.0 Å². The summed E-state index contributed by atoms with van der Waals surface area (Å²) in [6.45, 7) is 2.08. The predicted octanol–water partition coefficient (Wildman–Crippen LogP) is 9.93. The summed E-state index contributed by atoms with van der Waals surface area (Å²) in [5, 5.41) is 19.3. The molecule has 0 radical (unpaired) electrons. The van der Waals surface area contributed by atoms with E-state index >= 15 is 0 Å². The highest BCUT2D eigenvalue weighted by atomic mass is 15.0. The van der Waals surface area contributed by atoms with Crippen molar-refractivity contribution in [2.45, 2.75) is 6.92 Å². The normalized spacial score (nSPS) is 10.6. The summed E-state index contributed by atoms with van der Waals surface area (Å²) >= 11 is 0. The Morgan fingerprint density at radius 1 is 0.362 bits per heavy atom. The molecule has 220 valence electrons. The Labute approximate surface area is 273 Å². The van der Waals surface area contributed by atoms with Crippen molar-refractivity contribution in [1.29, 1.82) is 10.5 Å². The highest BCUT2D eigenvalue weighted by Crippen LogP contribution is 2.34. The van der Waals surface area contributed by atoms with Crippen LogP contribution in [0.15, 0.2) is 146 Å². The Hall–Kier alpha value is -6.69. The van der Waals surface area contributed by atoms with Gasteiger partial charge in [0.05, 0.1) is 23.3 Å². The fourth-order valence-corrected chi connectivity index (χ4v) is 5.69. The van der Waals surface area contributed by atoms with Crippen LogP contribution in [0, 0.1) is 29.6 Å². The summed E-state index contributed by atoms with van der Waals surface area (Å²) in [5.74, 6) is 1.83. The number of aromatic nitrogens is 3. The molecular formula is C42H27N5. The smallest absolute Gasteiger partial charge is 0.164 e. The molecule has 0 aliphatic rings. The average molecular weight is 602 g/mol. The number of hydrogen-bond donors (Lipinski definition) is 0. The van der Waals surface area contributed by atoms with E-state index in [4.69, 9.17) is 15.0 Å². The Kier molecular flexibility index (Phi) is 7.87. The first-order valence-corrected chi connectivity index (χ1v) is 15.2. The zero-order valence-electron chi connectivity index (χ0n) is 25.6. The minimum Gasteiger partial charge on any atom is -0.208 e. The van der Waals surface area contributed by atoms with E-state index in [0.717, 1.165) is 55.6 Å². The number of aryl methyl sites for hydroxylation is 1. The van der Waals surface area contributed by atoms with E-state index in [2.05, 4.69) is 55.5 Å². The molecule has 0 aliphatic carbocycles. The first kappa shape index (κ1) is 29.0. The van der Waals surface area contributed by atoms with Crippen LogP contribution in [0.5, 0.6) is 0 Å². The molecule has 0 spiro atoms. The summed E-state index contributed by atoms with van der Waals surface area (Å²) in [6.07, 6.45) is 0. The maximum atomic E-state index is 9.87. The zero-order chi connectivity index (χ0) is 32.2. The van der Waals surface area contributed by atoms with Crippen LogP contribution in [-0.4, -0.2) is 15.0 Å². The zero-order valence-corrected chi connectivity index (χ0v) is 25.6. The van der Waals surface area contributed by atoms with E-state index in [0.29, 0.717) is 28.6 Å². The van der Waals surface area contributed by atoms with E-state index in [1.807, 2.05) is 103 Å². The summed E-state index contributed by atoms with van der Waals surface area (Å²) < 4.78 is 0. The standard InChI is InChI=1S/C42H27N5/c1-28-18-36(24-37(19-28)39-22-30(27-44)21-38(25-39)33-15-8-10-29(20-33)26-43)34-16-9-17-35(23-34)42-46-40(31-11-4-2-5-12-31)45-41(47-42)32-13-6-3-7-14-32/h2-25H,1H3. The highest BCUT2D eigenvalue weighted by molar-refractivity contribution is 5.80. The lowest BCUT2D eigenvalue weighted by molar-refractivity contribution is 1.07. The molecule has 7 aromatic rings. The molecule has 0 fully saturated rings. The third-order valence-corrected chi connectivity index (χ3v) is 7.95. The van der Waals surface area contributed by atoms with Crippen molar-refractivity contribution in [3.05, 3.63) is 162 Å². The lowest BCUT2D eigenvalue weighted by Crippen LogP contribution is -2.00. The molecule has 0 amide bonds. The molecular weight excluding hydrogens is 574 g/mol. The molecule has 5 nitrogen and oxygen atoms in total. The number of nitriles is 2. The van der Waals surface area contributed by atoms with E-state index in [1.54, 1.807) is 6.07 Å². The first-order valence-electron chi connectivity index (χ1n) is 15.2. The Morgan fingerprint density at radius 2 is 0.745 bits per heavy atom. The lowest BCUT2D eigenvalue weighted by atomic mass is 9.92. The van der Waals surface area contributed by atoms with E-state index in [-0.39, 0.29) is 0 Å². The molecule has 7 rings (SSSR count). The van der Waals surface area contributed by atoms with Crippen LogP contribution in [0.3, 0.4) is 0 Å². The minimum atomic E-state index is 0.559. The molecule has 0 atom stereocenters. The van der Waals surface area contributed by atoms with Gasteiger partial charge in [-0.15, -0.1) is 0 Å². The van der Waals surface area contributed by atoms with Gasteiger partial charge in [-0.25, -0.2) is 15.0 Å². The maximum Gasteiger partial charge on any atom is 0.164 e. The first-order chi connectivity index (χ1) is 23.1. The predicted molar refractivity (Wildman–Crippen MR) is 187 cm³/mol. The Bertz CT molecular complexity index is 2270. The van der Waals surface area contributed by atoms with Crippen molar-refractivity contribution < 1.29 is 0 Å². The van der Waals surface area contributed by atoms with Crippen LogP contribution in [0.4, 0.5) is 0 Å². The second-order valence-electron chi connectivity index (χ2n) is 11.3. The van der Waals surface area contributed by atoms with E-state index in [1.165, 1.54) is 0 Å². The van der Waals surface area contributed by atoms with Crippen molar-refractivity contribution in [3.8, 4) is 79.7 Å². The SMILES string of the molecule is Cc1cc(-c2cc(C#N)cc(-c3cccc(C#N)c3)c2)cc(-c2cccc(-c3nc(-c4ccccc4)nc(-c4ccccc4)n3)c2)c1. The van der Waals surface area contributed by atoms with Gasteiger partial charge in [-0.3, -0.25) is 0 Å². The van der Waals surface area contributed by atoms with Gasteiger partial charge >= 0.3 is 0 Å². The lowest BCUT2D eigenvalue weighted by Gasteiger charge is -2.12. The topological polar surface area (TPSA) is 86.2 Å². The van der Waals surface area contributed by atoms with Gasteiger partial charge in [0.15, 0.2) is 17.5 Å². The van der Waals surface area contributed by atoms with Gasteiger partial charge in [-0.1, -0.05) is 103 Å². The Balaban J connectivity index is 1.31. The monoisotopic (exact) mass is 601 g/mol. The van der Waals surface area contributed by atoms with Gasteiger partial charge in [0.25, 0.3) is 0 Å². The summed E-state index contributed by atoms with van der Waals surface area (Å²) in [7, 11) is 0. The van der Waals surface area contributed by atoms with E-state index in [9.17, 15) is 10.5 Å². The van der Waals surface area contributed by atoms with Crippen molar-refractivity contribution in [2.75, 3.05) is 0 Å². The number of benzene rings is 6. The molecule has 0 N–H and O–H groups in total. The van der Waals surface area contributed by atoms with Crippen LogP contribution in [0.2, 0.25) is 0 Å². The second kappa shape index (κ2) is 12.7. The second-order valence-corrected chi connectivity index (χ2v) is 11.3. The van der Waals surface area contributed by atoms with Crippen LogP contribution in [-0.2, 0) is 0 Å². The fourth-order valence-electron chi connectivity index (χ4n) is 5.69. The molecule has 0 aliphatic heterocycles. The van der Waals surface area contributed by atoms with Gasteiger partial charge in [0, 0.05) is 16.7 Å². The van der Waals surface area contributed by atoms with Crippen molar-refractivity contribution in [3.63, 3.8) is 0 Å². The van der Waals surface area contributed by atoms with Gasteiger partial charge in [-0.05, 0) is 88.3 Å². The van der Waals surface area contributed by atoms with Crippen LogP contribution in [0.25, 0.3) is 67.5 Å². The number of nitrogens with zero attached hydrogens (tertiary/aromatic N) is 5. The molecule has 1 heterocycles. The molecule has 47 heavy (non-hydrogen) atoms. The number of rotatable bonds is 6. The summed E-state index contributed by atoms with van der Waals surface area (Å²) in [4.78, 5) is 14.7. The Morgan fingerprint density at radius 3 is 1.32 bits per heavy atom. The molecule has 0 saturated carbocycles. The molecule has 0 saturated heterocycles. The van der Waals surface area contributed by atoms with Gasteiger partial charge in [-0.2, -0.15) is 10.5 Å². The largest absolute Gasteiger partial charge is 0.208 e. The van der Waals surface area contributed by atoms with Crippen LogP contribution in [0.1, 0.15) is 16.7 Å². The third-order valence-electron chi connectivity index (χ3n) is 7.95. The van der Waals surface area contributed by atoms with Gasteiger partial charge < -0.3 is 0 Å². The third kappa shape index (κ3) is 6.28. The van der Waals surface area contributed by atoms with Crippen LogP contribution < -0.4 is 0 Å². The quantitative estimate of drug-likeness (QED) is 0.189. The molecule has 6 aromatic carbocycles. The van der Waals surface area contributed by atoms with Gasteiger partial charge in [0.2, 0.25) is 0 Å². The van der Waals surface area contributed by atoms with Crippen LogP contribution >= 0.6 is 0 Å². The van der Waals surface area contributed by atoms with Crippen molar-refractivity contribution >= 4 is 0 Å². The van der Waals surface area contributed by atoms with E-state index < -0.39 is 0 Å². The molecule has 5 heteroatoms. The summed E-state index contributed by atoms with van der Waals surface area (Å²) in [6, 6.07) is 52.4. The minimum absolute atomic E-state index is 0.559. The highest BCUT2D eigenvalue weighted by Gasteiger charge is 2.14. The molecule has 1 aromatic heterocycles.